The van der Waals surface area contributed by atoms with Gasteiger partial charge in [0.1, 0.15) is 5.69 Å². The summed E-state index contributed by atoms with van der Waals surface area (Å²) in [7, 11) is -7.13. The van der Waals surface area contributed by atoms with E-state index in [9.17, 15) is 21.6 Å². The van der Waals surface area contributed by atoms with E-state index >= 15 is 0 Å². The highest BCUT2D eigenvalue weighted by atomic mass is 32.2. The van der Waals surface area contributed by atoms with Gasteiger partial charge in [0.15, 0.2) is 9.84 Å². The molecule has 0 unspecified atom stereocenters. The van der Waals surface area contributed by atoms with Crippen LogP contribution in [-0.4, -0.2) is 45.2 Å². The largest absolute Gasteiger partial charge is 0.353 e. The Bertz CT molecular complexity index is 1520. The van der Waals surface area contributed by atoms with E-state index < -0.39 is 25.8 Å². The molecule has 2 aromatic heterocycles. The molecule has 0 atom stereocenters. The van der Waals surface area contributed by atoms with Gasteiger partial charge in [-0.25, -0.2) is 26.5 Å². The van der Waals surface area contributed by atoms with Crippen LogP contribution >= 0.6 is 0 Å². The molecule has 0 aliphatic rings. The van der Waals surface area contributed by atoms with Crippen LogP contribution in [0.2, 0.25) is 0 Å². The quantitative estimate of drug-likeness (QED) is 0.499. The number of amides is 1. The van der Waals surface area contributed by atoms with Crippen molar-refractivity contribution in [1.29, 1.82) is 0 Å². The Morgan fingerprint density at radius 3 is 2.23 bits per heavy atom. The van der Waals surface area contributed by atoms with Crippen molar-refractivity contribution in [3.05, 3.63) is 60.3 Å². The van der Waals surface area contributed by atoms with E-state index in [0.29, 0.717) is 22.2 Å². The van der Waals surface area contributed by atoms with Crippen LogP contribution < -0.4 is 4.72 Å². The van der Waals surface area contributed by atoms with E-state index in [1.165, 1.54) is 18.2 Å². The Morgan fingerprint density at radius 2 is 1.60 bits per heavy atom. The second kappa shape index (κ2) is 6.92. The normalized spacial score (nSPS) is 12.3. The first kappa shape index (κ1) is 20.0. The maximum absolute atomic E-state index is 12.5. The molecule has 2 N–H and O–H groups in total. The van der Waals surface area contributed by atoms with Crippen molar-refractivity contribution in [3.8, 4) is 11.3 Å². The van der Waals surface area contributed by atoms with Crippen molar-refractivity contribution in [2.75, 3.05) is 12.5 Å². The zero-order chi connectivity index (χ0) is 21.7. The second-order valence-corrected chi connectivity index (χ2v) is 10.7. The van der Waals surface area contributed by atoms with Crippen LogP contribution in [0.25, 0.3) is 33.1 Å². The summed E-state index contributed by atoms with van der Waals surface area (Å²) in [5.41, 5.74) is 2.39. The minimum Gasteiger partial charge on any atom is -0.353 e. The smallest absolute Gasteiger partial charge is 0.283 e. The molecule has 10 heteroatoms. The van der Waals surface area contributed by atoms with E-state index in [1.807, 2.05) is 29.0 Å². The molecule has 0 fully saturated rings. The number of rotatable bonds is 4. The Morgan fingerprint density at radius 1 is 0.933 bits per heavy atom. The molecule has 2 heterocycles. The van der Waals surface area contributed by atoms with Crippen molar-refractivity contribution < 1.29 is 21.6 Å². The number of sulfonamides is 1. The summed E-state index contributed by atoms with van der Waals surface area (Å²) in [6.07, 6.45) is 2.01. The summed E-state index contributed by atoms with van der Waals surface area (Å²) in [6.45, 7) is 0. The summed E-state index contributed by atoms with van der Waals surface area (Å²) in [5.74, 6) is -0.848. The number of aromatic amines is 1. The number of hydrogen-bond donors (Lipinski definition) is 2. The third-order valence-electron chi connectivity index (χ3n) is 4.56. The van der Waals surface area contributed by atoms with Crippen molar-refractivity contribution in [2.45, 2.75) is 4.90 Å². The first-order valence-electron chi connectivity index (χ1n) is 8.77. The number of benzene rings is 2. The number of nitrogens with zero attached hydrogens (tertiary/aromatic N) is 1. The van der Waals surface area contributed by atoms with Crippen LogP contribution in [0, 0.1) is 0 Å². The zero-order valence-electron chi connectivity index (χ0n) is 16.0. The fourth-order valence-corrected chi connectivity index (χ4v) is 4.32. The standard InChI is InChI=1S/C20H17N3O5S2/c1-29(25,26)13-9-7-12(8-10-13)18-19-15(14-5-3-4-6-16(14)21-19)11-17(22-18)20(24)23-30(2,27)28/h3-11,21H,1-2H3,(H,23,24). The molecule has 2 aromatic carbocycles. The number of carbonyl (C=O) groups is 1. The van der Waals surface area contributed by atoms with Crippen molar-refractivity contribution >= 4 is 47.6 Å². The Labute approximate surface area is 172 Å². The van der Waals surface area contributed by atoms with Crippen LogP contribution in [0.5, 0.6) is 0 Å². The molecule has 8 nitrogen and oxygen atoms in total. The first-order valence-corrected chi connectivity index (χ1v) is 12.6. The van der Waals surface area contributed by atoms with Crippen LogP contribution in [0.3, 0.4) is 0 Å². The molecule has 0 saturated carbocycles. The zero-order valence-corrected chi connectivity index (χ0v) is 17.6. The predicted octanol–water partition coefficient (Wildman–Crippen LogP) is 2.48. The fourth-order valence-electron chi connectivity index (χ4n) is 3.25. The van der Waals surface area contributed by atoms with Gasteiger partial charge in [0, 0.05) is 28.1 Å². The lowest BCUT2D eigenvalue weighted by atomic mass is 10.1. The van der Waals surface area contributed by atoms with E-state index in [1.54, 1.807) is 12.1 Å². The highest BCUT2D eigenvalue weighted by Crippen LogP contribution is 2.33. The van der Waals surface area contributed by atoms with Gasteiger partial charge in [-0.05, 0) is 24.3 Å². The maximum Gasteiger partial charge on any atom is 0.283 e. The number of pyridine rings is 1. The fraction of sp³-hybridized carbons (Fsp3) is 0.100. The van der Waals surface area contributed by atoms with Gasteiger partial charge in [-0.1, -0.05) is 30.3 Å². The topological polar surface area (TPSA) is 126 Å². The number of hydrogen-bond acceptors (Lipinski definition) is 6. The molecule has 30 heavy (non-hydrogen) atoms. The molecule has 1 amide bonds. The van der Waals surface area contributed by atoms with Crippen molar-refractivity contribution in [1.82, 2.24) is 14.7 Å². The lowest BCUT2D eigenvalue weighted by Crippen LogP contribution is -2.30. The molecule has 4 rings (SSSR count). The van der Waals surface area contributed by atoms with Crippen LogP contribution in [0.1, 0.15) is 10.5 Å². The van der Waals surface area contributed by atoms with E-state index in [4.69, 9.17) is 0 Å². The third-order valence-corrected chi connectivity index (χ3v) is 6.25. The molecule has 0 aliphatic carbocycles. The molecule has 0 spiro atoms. The first-order chi connectivity index (χ1) is 14.0. The highest BCUT2D eigenvalue weighted by molar-refractivity contribution is 7.90. The molecule has 0 radical (unpaired) electrons. The summed E-state index contributed by atoms with van der Waals surface area (Å²) in [6, 6.07) is 15.1. The van der Waals surface area contributed by atoms with Gasteiger partial charge in [0.25, 0.3) is 5.91 Å². The van der Waals surface area contributed by atoms with Gasteiger partial charge >= 0.3 is 0 Å². The molecule has 154 valence electrons. The van der Waals surface area contributed by atoms with E-state index in [2.05, 4.69) is 9.97 Å². The van der Waals surface area contributed by atoms with E-state index in [0.717, 1.165) is 23.4 Å². The highest BCUT2D eigenvalue weighted by Gasteiger charge is 2.19. The lowest BCUT2D eigenvalue weighted by Gasteiger charge is -2.08. The third kappa shape index (κ3) is 3.79. The Hall–Kier alpha value is -3.24. The van der Waals surface area contributed by atoms with Crippen LogP contribution in [-0.2, 0) is 19.9 Å². The summed E-state index contributed by atoms with van der Waals surface area (Å²) in [5, 5.41) is 1.54. The molecular weight excluding hydrogens is 426 g/mol. The summed E-state index contributed by atoms with van der Waals surface area (Å²) in [4.78, 5) is 20.3. The molecule has 0 saturated heterocycles. The molecular formula is C20H17N3O5S2. The lowest BCUT2D eigenvalue weighted by molar-refractivity contribution is 0.0977. The Balaban J connectivity index is 1.98. The number of carbonyl (C=O) groups excluding carboxylic acids is 1. The molecule has 0 aliphatic heterocycles. The van der Waals surface area contributed by atoms with Crippen molar-refractivity contribution in [2.24, 2.45) is 0 Å². The molecule has 0 bridgehead atoms. The number of nitrogens with one attached hydrogen (secondary N) is 2. The van der Waals surface area contributed by atoms with Gasteiger partial charge in [0.2, 0.25) is 10.0 Å². The molecule has 4 aromatic rings. The minimum atomic E-state index is -3.77. The van der Waals surface area contributed by atoms with Crippen LogP contribution in [0.15, 0.2) is 59.5 Å². The number of sulfone groups is 1. The van der Waals surface area contributed by atoms with Gasteiger partial charge in [-0.15, -0.1) is 0 Å². The summed E-state index contributed by atoms with van der Waals surface area (Å²) >= 11 is 0. The van der Waals surface area contributed by atoms with Gasteiger partial charge < -0.3 is 4.98 Å². The van der Waals surface area contributed by atoms with Crippen LogP contribution in [0.4, 0.5) is 0 Å². The number of H-pyrrole nitrogens is 1. The van der Waals surface area contributed by atoms with Gasteiger partial charge in [-0.2, -0.15) is 0 Å². The predicted molar refractivity (Wildman–Crippen MR) is 114 cm³/mol. The minimum absolute atomic E-state index is 0.0696. The average molecular weight is 444 g/mol. The monoisotopic (exact) mass is 443 g/mol. The average Bonchev–Trinajstić information content (AvgIpc) is 3.04. The summed E-state index contributed by atoms with van der Waals surface area (Å²) < 4.78 is 48.4. The number of para-hydroxylation sites is 1. The number of fused-ring (bicyclic) bond motifs is 3. The SMILES string of the molecule is CS(=O)(=O)NC(=O)c1cc2c([nH]c3ccccc32)c(-c2ccc(S(C)(=O)=O)cc2)n1. The number of aromatic nitrogens is 2. The van der Waals surface area contributed by atoms with Crippen molar-refractivity contribution in [3.63, 3.8) is 0 Å². The Kier molecular flexibility index (Phi) is 4.63. The second-order valence-electron chi connectivity index (χ2n) is 6.95. The maximum atomic E-state index is 12.5. The van der Waals surface area contributed by atoms with E-state index in [-0.39, 0.29) is 10.6 Å². The van der Waals surface area contributed by atoms with Gasteiger partial charge in [0.05, 0.1) is 22.4 Å². The van der Waals surface area contributed by atoms with Gasteiger partial charge in [-0.3, -0.25) is 4.79 Å².